The van der Waals surface area contributed by atoms with E-state index in [-0.39, 0.29) is 18.8 Å². The van der Waals surface area contributed by atoms with Crippen LogP contribution in [-0.4, -0.2) is 83.2 Å². The summed E-state index contributed by atoms with van der Waals surface area (Å²) in [6.45, 7) is 3.23. The van der Waals surface area contributed by atoms with E-state index in [0.717, 1.165) is 0 Å². The van der Waals surface area contributed by atoms with Gasteiger partial charge >= 0.3 is 5.97 Å². The molecule has 0 aliphatic carbocycles. The number of rotatable bonds is 16. The standard InChI is InChI=1S/C19H37N5O6S/c1-11(2)15(21)18(28)22-12(6-4-5-8-20)16(26)24-14(10-25)17(27)23-13(19(29)30)7-9-31-3/h11-15,25H,4-10,20-21H2,1-3H3,(H,22,28)(H,23,27)(H,24,26)(H,29,30). The summed E-state index contributed by atoms with van der Waals surface area (Å²) in [7, 11) is 0. The number of carboxylic acid groups (broad SMARTS) is 1. The number of nitrogens with one attached hydrogen (secondary N) is 3. The van der Waals surface area contributed by atoms with Crippen molar-refractivity contribution in [3.63, 3.8) is 0 Å². The average molecular weight is 464 g/mol. The van der Waals surface area contributed by atoms with Gasteiger partial charge in [-0.3, -0.25) is 14.4 Å². The molecule has 0 radical (unpaired) electrons. The van der Waals surface area contributed by atoms with Crippen molar-refractivity contribution < 1.29 is 29.4 Å². The quantitative estimate of drug-likeness (QED) is 0.132. The fourth-order valence-electron chi connectivity index (χ4n) is 2.56. The van der Waals surface area contributed by atoms with Crippen LogP contribution >= 0.6 is 11.8 Å². The molecule has 11 nitrogen and oxygen atoms in total. The summed E-state index contributed by atoms with van der Waals surface area (Å²) >= 11 is 1.43. The van der Waals surface area contributed by atoms with Gasteiger partial charge in [0.2, 0.25) is 17.7 Å². The second kappa shape index (κ2) is 15.8. The maximum Gasteiger partial charge on any atom is 0.326 e. The molecule has 0 aromatic rings. The average Bonchev–Trinajstić information content (AvgIpc) is 2.72. The van der Waals surface area contributed by atoms with Crippen LogP contribution in [0.2, 0.25) is 0 Å². The first-order valence-electron chi connectivity index (χ1n) is 10.3. The monoisotopic (exact) mass is 463 g/mol. The molecule has 0 rings (SSSR count). The molecule has 180 valence electrons. The number of thioether (sulfide) groups is 1. The van der Waals surface area contributed by atoms with Gasteiger partial charge in [0.05, 0.1) is 12.6 Å². The van der Waals surface area contributed by atoms with Crippen molar-refractivity contribution in [3.8, 4) is 0 Å². The third-order valence-electron chi connectivity index (χ3n) is 4.64. The van der Waals surface area contributed by atoms with E-state index in [2.05, 4.69) is 16.0 Å². The van der Waals surface area contributed by atoms with Gasteiger partial charge in [-0.25, -0.2) is 4.79 Å². The van der Waals surface area contributed by atoms with E-state index in [4.69, 9.17) is 11.5 Å². The van der Waals surface area contributed by atoms with Crippen LogP contribution in [-0.2, 0) is 19.2 Å². The van der Waals surface area contributed by atoms with Crippen LogP contribution in [0.4, 0.5) is 0 Å². The van der Waals surface area contributed by atoms with Crippen molar-refractivity contribution >= 4 is 35.5 Å². The van der Waals surface area contributed by atoms with E-state index in [1.807, 2.05) is 6.26 Å². The summed E-state index contributed by atoms with van der Waals surface area (Å²) in [5, 5.41) is 26.1. The fraction of sp³-hybridized carbons (Fsp3) is 0.789. The lowest BCUT2D eigenvalue weighted by Gasteiger charge is -2.25. The number of unbranched alkanes of at least 4 members (excludes halogenated alkanes) is 1. The number of aliphatic carboxylic acids is 1. The van der Waals surface area contributed by atoms with Gasteiger partial charge in [-0.1, -0.05) is 13.8 Å². The minimum absolute atomic E-state index is 0.141. The number of nitrogens with two attached hydrogens (primary N) is 2. The highest BCUT2D eigenvalue weighted by Gasteiger charge is 2.30. The molecule has 4 unspecified atom stereocenters. The van der Waals surface area contributed by atoms with Gasteiger partial charge in [-0.15, -0.1) is 0 Å². The second-order valence-electron chi connectivity index (χ2n) is 7.54. The molecule has 4 atom stereocenters. The summed E-state index contributed by atoms with van der Waals surface area (Å²) in [6, 6.07) is -4.29. The van der Waals surface area contributed by atoms with Crippen molar-refractivity contribution in [2.75, 3.05) is 25.2 Å². The predicted molar refractivity (Wildman–Crippen MR) is 119 cm³/mol. The van der Waals surface area contributed by atoms with Crippen LogP contribution in [0.1, 0.15) is 39.5 Å². The van der Waals surface area contributed by atoms with Crippen molar-refractivity contribution in [1.82, 2.24) is 16.0 Å². The molecule has 0 spiro atoms. The topological polar surface area (TPSA) is 197 Å². The zero-order valence-corrected chi connectivity index (χ0v) is 19.2. The zero-order valence-electron chi connectivity index (χ0n) is 18.4. The van der Waals surface area contributed by atoms with Gasteiger partial charge in [0, 0.05) is 0 Å². The van der Waals surface area contributed by atoms with Gasteiger partial charge in [0.1, 0.15) is 18.1 Å². The maximum atomic E-state index is 12.7. The van der Waals surface area contributed by atoms with Crippen LogP contribution < -0.4 is 27.4 Å². The van der Waals surface area contributed by atoms with E-state index < -0.39 is 54.5 Å². The van der Waals surface area contributed by atoms with Gasteiger partial charge in [-0.05, 0) is 50.2 Å². The van der Waals surface area contributed by atoms with E-state index >= 15 is 0 Å². The molecule has 0 heterocycles. The molecule has 12 heteroatoms. The van der Waals surface area contributed by atoms with Crippen molar-refractivity contribution in [2.24, 2.45) is 17.4 Å². The number of carbonyl (C=O) groups excluding carboxylic acids is 3. The zero-order chi connectivity index (χ0) is 24.0. The smallest absolute Gasteiger partial charge is 0.326 e. The number of aliphatic hydroxyl groups excluding tert-OH is 1. The molecule has 3 amide bonds. The normalized spacial score (nSPS) is 14.9. The van der Waals surface area contributed by atoms with Gasteiger partial charge in [-0.2, -0.15) is 11.8 Å². The van der Waals surface area contributed by atoms with E-state index in [0.29, 0.717) is 25.1 Å². The molecule has 0 saturated heterocycles. The Bertz CT molecular complexity index is 592. The SMILES string of the molecule is CSCCC(NC(=O)C(CO)NC(=O)C(CCCCN)NC(=O)C(N)C(C)C)C(=O)O. The molecule has 0 bridgehead atoms. The van der Waals surface area contributed by atoms with Gasteiger partial charge < -0.3 is 37.6 Å². The Hall–Kier alpha value is -1.89. The Morgan fingerprint density at radius 1 is 0.903 bits per heavy atom. The molecule has 0 aliphatic heterocycles. The first-order chi connectivity index (χ1) is 14.6. The number of aliphatic hydroxyl groups is 1. The minimum atomic E-state index is -1.36. The molecule has 0 aliphatic rings. The lowest BCUT2D eigenvalue weighted by Crippen LogP contribution is -2.58. The molecule has 0 aromatic heterocycles. The second-order valence-corrected chi connectivity index (χ2v) is 8.53. The Balaban J connectivity index is 5.19. The molecule has 0 fully saturated rings. The Labute approximate surface area is 187 Å². The lowest BCUT2D eigenvalue weighted by atomic mass is 10.0. The van der Waals surface area contributed by atoms with E-state index in [1.54, 1.807) is 13.8 Å². The summed E-state index contributed by atoms with van der Waals surface area (Å²) in [4.78, 5) is 48.8. The summed E-state index contributed by atoms with van der Waals surface area (Å²) in [5.41, 5.74) is 11.3. The molecule has 9 N–H and O–H groups in total. The molecular weight excluding hydrogens is 426 g/mol. The highest BCUT2D eigenvalue weighted by molar-refractivity contribution is 7.98. The Morgan fingerprint density at radius 2 is 1.45 bits per heavy atom. The maximum absolute atomic E-state index is 12.7. The lowest BCUT2D eigenvalue weighted by molar-refractivity contribution is -0.142. The summed E-state index contributed by atoms with van der Waals surface area (Å²) in [5.74, 6) is -2.84. The van der Waals surface area contributed by atoms with Crippen LogP contribution in [0.3, 0.4) is 0 Å². The first kappa shape index (κ1) is 29.1. The van der Waals surface area contributed by atoms with Crippen molar-refractivity contribution in [3.05, 3.63) is 0 Å². The van der Waals surface area contributed by atoms with Crippen LogP contribution in [0.5, 0.6) is 0 Å². The van der Waals surface area contributed by atoms with Crippen molar-refractivity contribution in [2.45, 2.75) is 63.7 Å². The van der Waals surface area contributed by atoms with Crippen LogP contribution in [0.15, 0.2) is 0 Å². The highest BCUT2D eigenvalue weighted by Crippen LogP contribution is 2.05. The van der Waals surface area contributed by atoms with Crippen molar-refractivity contribution in [1.29, 1.82) is 0 Å². The largest absolute Gasteiger partial charge is 0.480 e. The molecule has 0 saturated carbocycles. The predicted octanol–water partition coefficient (Wildman–Crippen LogP) is -1.62. The Kier molecular flexibility index (Phi) is 14.9. The number of carbonyl (C=O) groups is 4. The Morgan fingerprint density at radius 3 is 1.94 bits per heavy atom. The highest BCUT2D eigenvalue weighted by atomic mass is 32.2. The number of carboxylic acids is 1. The van der Waals surface area contributed by atoms with Crippen LogP contribution in [0.25, 0.3) is 0 Å². The molecular formula is C19H37N5O6S. The van der Waals surface area contributed by atoms with Gasteiger partial charge in [0.15, 0.2) is 0 Å². The number of hydrogen-bond donors (Lipinski definition) is 7. The fourth-order valence-corrected chi connectivity index (χ4v) is 3.04. The van der Waals surface area contributed by atoms with Crippen LogP contribution in [0, 0.1) is 5.92 Å². The first-order valence-corrected chi connectivity index (χ1v) is 11.7. The van der Waals surface area contributed by atoms with E-state index in [9.17, 15) is 29.4 Å². The minimum Gasteiger partial charge on any atom is -0.480 e. The number of hydrogen-bond acceptors (Lipinski definition) is 8. The van der Waals surface area contributed by atoms with E-state index in [1.165, 1.54) is 11.8 Å². The third-order valence-corrected chi connectivity index (χ3v) is 5.29. The summed E-state index contributed by atoms with van der Waals surface area (Å²) < 4.78 is 0. The molecule has 31 heavy (non-hydrogen) atoms. The third kappa shape index (κ3) is 11.3. The van der Waals surface area contributed by atoms with Gasteiger partial charge in [0.25, 0.3) is 0 Å². The molecule has 0 aromatic carbocycles. The number of amides is 3. The summed E-state index contributed by atoms with van der Waals surface area (Å²) in [6.07, 6.45) is 3.46.